The number of nitrogens with one attached hydrogen (secondary N) is 1. The molecule has 4 heteroatoms. The molecule has 0 saturated carbocycles. The molecule has 0 aromatic carbocycles. The van der Waals surface area contributed by atoms with E-state index in [-0.39, 0.29) is 0 Å². The van der Waals surface area contributed by atoms with Crippen molar-refractivity contribution in [3.63, 3.8) is 0 Å². The maximum absolute atomic E-state index is 8.99. The molecule has 1 atom stereocenters. The first-order valence-corrected chi connectivity index (χ1v) is 5.43. The number of methoxy groups -OCH3 is 1. The van der Waals surface area contributed by atoms with Crippen molar-refractivity contribution in [1.82, 2.24) is 10.2 Å². The zero-order valence-electron chi connectivity index (χ0n) is 10.3. The largest absolute Gasteiger partial charge is 0.383 e. The molecule has 0 spiro atoms. The summed E-state index contributed by atoms with van der Waals surface area (Å²) >= 11 is 0. The van der Waals surface area contributed by atoms with Crippen molar-refractivity contribution >= 4 is 0 Å². The fourth-order valence-corrected chi connectivity index (χ4v) is 1.27. The number of nitriles is 1. The van der Waals surface area contributed by atoms with Crippen LogP contribution in [0.3, 0.4) is 0 Å². The zero-order chi connectivity index (χ0) is 11.7. The summed E-state index contributed by atoms with van der Waals surface area (Å²) < 4.78 is 5.04. The van der Waals surface area contributed by atoms with Gasteiger partial charge in [-0.15, -0.1) is 0 Å². The van der Waals surface area contributed by atoms with Gasteiger partial charge >= 0.3 is 0 Å². The molecule has 0 aliphatic carbocycles. The number of hydrogen-bond donors (Lipinski definition) is 1. The maximum Gasteiger partial charge on any atom is 0.104 e. The van der Waals surface area contributed by atoms with Gasteiger partial charge in [-0.2, -0.15) is 5.26 Å². The van der Waals surface area contributed by atoms with Crippen molar-refractivity contribution in [2.75, 3.05) is 40.4 Å². The topological polar surface area (TPSA) is 48.3 Å². The van der Waals surface area contributed by atoms with E-state index >= 15 is 0 Å². The van der Waals surface area contributed by atoms with E-state index in [2.05, 4.69) is 23.2 Å². The van der Waals surface area contributed by atoms with Gasteiger partial charge in [-0.3, -0.25) is 0 Å². The lowest BCUT2D eigenvalue weighted by molar-refractivity contribution is 0.146. The van der Waals surface area contributed by atoms with Gasteiger partial charge in [-0.05, 0) is 26.9 Å². The van der Waals surface area contributed by atoms with Crippen LogP contribution in [0, 0.1) is 11.3 Å². The highest BCUT2D eigenvalue weighted by Gasteiger charge is 2.21. The molecule has 0 rings (SSSR count). The summed E-state index contributed by atoms with van der Waals surface area (Å²) in [5.41, 5.74) is -0.416. The van der Waals surface area contributed by atoms with Gasteiger partial charge in [0.25, 0.3) is 0 Å². The minimum atomic E-state index is -0.416. The molecule has 1 unspecified atom stereocenters. The van der Waals surface area contributed by atoms with Gasteiger partial charge in [0.2, 0.25) is 0 Å². The van der Waals surface area contributed by atoms with Gasteiger partial charge in [-0.1, -0.05) is 6.92 Å². The van der Waals surface area contributed by atoms with E-state index in [1.807, 2.05) is 14.0 Å². The summed E-state index contributed by atoms with van der Waals surface area (Å²) in [6, 6.07) is 2.29. The Morgan fingerprint density at radius 3 is 2.53 bits per heavy atom. The average Bonchev–Trinajstić information content (AvgIpc) is 2.29. The number of rotatable bonds is 8. The van der Waals surface area contributed by atoms with Crippen LogP contribution in [-0.4, -0.2) is 50.8 Å². The summed E-state index contributed by atoms with van der Waals surface area (Å²) in [5, 5.41) is 12.0. The minimum Gasteiger partial charge on any atom is -0.383 e. The lowest BCUT2D eigenvalue weighted by Crippen LogP contribution is -2.42. The van der Waals surface area contributed by atoms with Crippen LogP contribution in [0.15, 0.2) is 0 Å². The second-order valence-electron chi connectivity index (χ2n) is 3.87. The van der Waals surface area contributed by atoms with E-state index in [9.17, 15) is 0 Å². The van der Waals surface area contributed by atoms with Crippen LogP contribution >= 0.6 is 0 Å². The summed E-state index contributed by atoms with van der Waals surface area (Å²) in [6.45, 7) is 7.64. The van der Waals surface area contributed by atoms with Crippen molar-refractivity contribution in [3.05, 3.63) is 0 Å². The van der Waals surface area contributed by atoms with Crippen LogP contribution in [0.1, 0.15) is 20.3 Å². The molecule has 0 bridgehead atoms. The number of hydrogen-bond acceptors (Lipinski definition) is 4. The van der Waals surface area contributed by atoms with Gasteiger partial charge in [0.05, 0.1) is 12.7 Å². The molecule has 88 valence electrons. The minimum absolute atomic E-state index is 0.416. The molecule has 4 nitrogen and oxygen atoms in total. The molecule has 0 aromatic rings. The van der Waals surface area contributed by atoms with Crippen LogP contribution in [0.4, 0.5) is 0 Å². The highest BCUT2D eigenvalue weighted by atomic mass is 16.5. The number of likely N-dealkylation sites (N-methyl/N-ethyl adjacent to an activating group) is 1. The second kappa shape index (κ2) is 7.63. The normalized spacial score (nSPS) is 14.9. The Bertz CT molecular complexity index is 202. The number of ether oxygens (including phenoxy) is 1. The maximum atomic E-state index is 8.99. The van der Waals surface area contributed by atoms with Gasteiger partial charge in [0.1, 0.15) is 5.54 Å². The quantitative estimate of drug-likeness (QED) is 0.649. The molecular formula is C11H23N3O. The molecule has 15 heavy (non-hydrogen) atoms. The Balaban J connectivity index is 3.94. The SMILES string of the molecule is CCN(CCOC)CCC(C)(C#N)NC. The van der Waals surface area contributed by atoms with Gasteiger partial charge in [0.15, 0.2) is 0 Å². The molecule has 0 aromatic heterocycles. The summed E-state index contributed by atoms with van der Waals surface area (Å²) in [7, 11) is 3.54. The third kappa shape index (κ3) is 5.73. The Hall–Kier alpha value is -0.630. The van der Waals surface area contributed by atoms with Crippen LogP contribution < -0.4 is 5.32 Å². The predicted molar refractivity (Wildman–Crippen MR) is 61.7 cm³/mol. The Morgan fingerprint density at radius 1 is 1.47 bits per heavy atom. The van der Waals surface area contributed by atoms with Crippen LogP contribution in [0.25, 0.3) is 0 Å². The van der Waals surface area contributed by atoms with Crippen LogP contribution in [0.2, 0.25) is 0 Å². The van der Waals surface area contributed by atoms with E-state index in [4.69, 9.17) is 10.00 Å². The molecule has 0 fully saturated rings. The van der Waals surface area contributed by atoms with Crippen molar-refractivity contribution in [2.24, 2.45) is 0 Å². The van der Waals surface area contributed by atoms with E-state index in [1.165, 1.54) is 0 Å². The molecule has 0 heterocycles. The van der Waals surface area contributed by atoms with E-state index < -0.39 is 5.54 Å². The van der Waals surface area contributed by atoms with Crippen LogP contribution in [-0.2, 0) is 4.74 Å². The Labute approximate surface area is 93.2 Å². The highest BCUT2D eigenvalue weighted by Crippen LogP contribution is 2.08. The van der Waals surface area contributed by atoms with Crippen molar-refractivity contribution in [3.8, 4) is 6.07 Å². The van der Waals surface area contributed by atoms with E-state index in [1.54, 1.807) is 7.11 Å². The first-order chi connectivity index (χ1) is 7.11. The summed E-state index contributed by atoms with van der Waals surface area (Å²) in [5.74, 6) is 0. The number of nitrogens with zero attached hydrogens (tertiary/aromatic N) is 2. The summed E-state index contributed by atoms with van der Waals surface area (Å²) in [6.07, 6.45) is 0.831. The fourth-order valence-electron chi connectivity index (χ4n) is 1.27. The second-order valence-corrected chi connectivity index (χ2v) is 3.87. The molecule has 0 amide bonds. The average molecular weight is 213 g/mol. The standard InChI is InChI=1S/C11H23N3O/c1-5-14(8-9-15-4)7-6-11(2,10-12)13-3/h13H,5-9H2,1-4H3. The summed E-state index contributed by atoms with van der Waals surface area (Å²) in [4.78, 5) is 2.29. The zero-order valence-corrected chi connectivity index (χ0v) is 10.3. The van der Waals surface area contributed by atoms with Crippen molar-refractivity contribution < 1.29 is 4.74 Å². The van der Waals surface area contributed by atoms with E-state index in [0.29, 0.717) is 0 Å². The van der Waals surface area contributed by atoms with Gasteiger partial charge in [-0.25, -0.2) is 0 Å². The molecule has 0 saturated heterocycles. The van der Waals surface area contributed by atoms with Crippen molar-refractivity contribution in [2.45, 2.75) is 25.8 Å². The smallest absolute Gasteiger partial charge is 0.104 e. The Kier molecular flexibility index (Phi) is 7.31. The first-order valence-electron chi connectivity index (χ1n) is 5.43. The van der Waals surface area contributed by atoms with E-state index in [0.717, 1.165) is 32.7 Å². The van der Waals surface area contributed by atoms with Gasteiger partial charge in [0, 0.05) is 20.2 Å². The van der Waals surface area contributed by atoms with Crippen molar-refractivity contribution in [1.29, 1.82) is 5.26 Å². The molecule has 0 radical (unpaired) electrons. The molecule has 1 N–H and O–H groups in total. The van der Waals surface area contributed by atoms with Gasteiger partial charge < -0.3 is 15.0 Å². The third-order valence-electron chi connectivity index (χ3n) is 2.79. The highest BCUT2D eigenvalue weighted by molar-refractivity contribution is 5.03. The van der Waals surface area contributed by atoms with Crippen LogP contribution in [0.5, 0.6) is 0 Å². The lowest BCUT2D eigenvalue weighted by atomic mass is 10.00. The monoisotopic (exact) mass is 213 g/mol. The molecule has 0 aliphatic rings. The first kappa shape index (κ1) is 14.4. The molecule has 0 aliphatic heterocycles. The Morgan fingerprint density at radius 2 is 2.13 bits per heavy atom. The predicted octanol–water partition coefficient (Wildman–Crippen LogP) is 0.846. The third-order valence-corrected chi connectivity index (χ3v) is 2.79. The molecular weight excluding hydrogens is 190 g/mol. The fraction of sp³-hybridized carbons (Fsp3) is 0.909. The lowest BCUT2D eigenvalue weighted by Gasteiger charge is -2.26.